The van der Waals surface area contributed by atoms with E-state index in [0.717, 1.165) is 57.3 Å². The third kappa shape index (κ3) is 4.81. The van der Waals surface area contributed by atoms with Crippen molar-refractivity contribution in [2.24, 2.45) is 5.92 Å². The molecule has 1 aliphatic carbocycles. The number of amides is 2. The smallest absolute Gasteiger partial charge is 0.233 e. The summed E-state index contributed by atoms with van der Waals surface area (Å²) in [6, 6.07) is 16.0. The molecule has 0 spiro atoms. The molecule has 1 aromatic carbocycles. The molecule has 1 N–H and O–H groups in total. The summed E-state index contributed by atoms with van der Waals surface area (Å²) in [6.07, 6.45) is 8.18. The van der Waals surface area contributed by atoms with E-state index >= 15 is 0 Å². The quantitative estimate of drug-likeness (QED) is 0.755. The Balaban J connectivity index is 1.31. The third-order valence-electron chi connectivity index (χ3n) is 7.08. The number of carbonyl (C=O) groups is 2. The van der Waals surface area contributed by atoms with Gasteiger partial charge in [0.05, 0.1) is 17.2 Å². The molecule has 1 atom stereocenters. The minimum absolute atomic E-state index is 0.0690. The van der Waals surface area contributed by atoms with Crippen molar-refractivity contribution in [3.8, 4) is 0 Å². The fraction of sp³-hybridized carbons (Fsp3) is 0.500. The van der Waals surface area contributed by atoms with Crippen molar-refractivity contribution in [2.75, 3.05) is 13.1 Å². The monoisotopic (exact) mass is 419 g/mol. The lowest BCUT2D eigenvalue weighted by Gasteiger charge is -2.38. The van der Waals surface area contributed by atoms with Crippen molar-refractivity contribution in [3.63, 3.8) is 0 Å². The second kappa shape index (κ2) is 9.63. The van der Waals surface area contributed by atoms with Crippen LogP contribution in [0.1, 0.15) is 69.2 Å². The van der Waals surface area contributed by atoms with Crippen molar-refractivity contribution in [2.45, 2.75) is 63.3 Å². The highest BCUT2D eigenvalue weighted by Crippen LogP contribution is 2.43. The van der Waals surface area contributed by atoms with Gasteiger partial charge in [-0.1, -0.05) is 49.2 Å². The number of hydrogen-bond donors (Lipinski definition) is 1. The SMILES string of the molecule is CC(NC(=O)CC1CCN(C(=O)C2(c3ccccc3)CCCC2)CC1)c1ccccn1. The Kier molecular flexibility index (Phi) is 6.69. The number of pyridine rings is 1. The fourth-order valence-corrected chi connectivity index (χ4v) is 5.27. The highest BCUT2D eigenvalue weighted by atomic mass is 16.2. The van der Waals surface area contributed by atoms with Crippen LogP contribution in [0.5, 0.6) is 0 Å². The normalized spacial score (nSPS) is 19.7. The van der Waals surface area contributed by atoms with E-state index in [1.165, 1.54) is 5.56 Å². The minimum Gasteiger partial charge on any atom is -0.348 e. The molecule has 2 amide bonds. The van der Waals surface area contributed by atoms with Gasteiger partial charge in [-0.2, -0.15) is 0 Å². The Bertz CT molecular complexity index is 870. The molecule has 1 aromatic heterocycles. The van der Waals surface area contributed by atoms with E-state index in [2.05, 4.69) is 27.3 Å². The van der Waals surface area contributed by atoms with Crippen LogP contribution in [0.15, 0.2) is 54.7 Å². The largest absolute Gasteiger partial charge is 0.348 e. The molecule has 5 nitrogen and oxygen atoms in total. The molecular weight excluding hydrogens is 386 g/mol. The van der Waals surface area contributed by atoms with E-state index in [-0.39, 0.29) is 17.4 Å². The zero-order valence-electron chi connectivity index (χ0n) is 18.4. The first kappa shape index (κ1) is 21.5. The Morgan fingerprint density at radius 3 is 2.39 bits per heavy atom. The number of benzene rings is 1. The maximum absolute atomic E-state index is 13.6. The van der Waals surface area contributed by atoms with Crippen molar-refractivity contribution in [1.82, 2.24) is 15.2 Å². The highest BCUT2D eigenvalue weighted by Gasteiger charge is 2.45. The van der Waals surface area contributed by atoms with Gasteiger partial charge in [0.1, 0.15) is 0 Å². The molecule has 2 heterocycles. The predicted octanol–water partition coefficient (Wildman–Crippen LogP) is 4.40. The van der Waals surface area contributed by atoms with Gasteiger partial charge in [-0.3, -0.25) is 14.6 Å². The molecule has 5 heteroatoms. The third-order valence-corrected chi connectivity index (χ3v) is 7.08. The average Bonchev–Trinajstić information content (AvgIpc) is 3.31. The minimum atomic E-state index is -0.344. The van der Waals surface area contributed by atoms with Crippen molar-refractivity contribution in [1.29, 1.82) is 0 Å². The number of carbonyl (C=O) groups excluding carboxylic acids is 2. The second-order valence-corrected chi connectivity index (χ2v) is 9.14. The lowest BCUT2D eigenvalue weighted by Crippen LogP contribution is -2.48. The molecule has 2 fully saturated rings. The summed E-state index contributed by atoms with van der Waals surface area (Å²) in [6.45, 7) is 3.47. The van der Waals surface area contributed by atoms with E-state index in [4.69, 9.17) is 0 Å². The Morgan fingerprint density at radius 1 is 1.06 bits per heavy atom. The molecule has 4 rings (SSSR count). The molecule has 0 bridgehead atoms. The van der Waals surface area contributed by atoms with Crippen LogP contribution >= 0.6 is 0 Å². The number of nitrogens with zero attached hydrogens (tertiary/aromatic N) is 2. The number of nitrogens with one attached hydrogen (secondary N) is 1. The summed E-state index contributed by atoms with van der Waals surface area (Å²) >= 11 is 0. The van der Waals surface area contributed by atoms with Crippen molar-refractivity contribution >= 4 is 11.8 Å². The average molecular weight is 420 g/mol. The van der Waals surface area contributed by atoms with E-state index in [1.807, 2.05) is 43.3 Å². The predicted molar refractivity (Wildman–Crippen MR) is 121 cm³/mol. The number of piperidine rings is 1. The maximum Gasteiger partial charge on any atom is 0.233 e. The van der Waals surface area contributed by atoms with Gasteiger partial charge in [0, 0.05) is 25.7 Å². The summed E-state index contributed by atoms with van der Waals surface area (Å²) in [5, 5.41) is 3.07. The van der Waals surface area contributed by atoms with Gasteiger partial charge in [-0.15, -0.1) is 0 Å². The molecule has 2 aromatic rings. The second-order valence-electron chi connectivity index (χ2n) is 9.14. The summed E-state index contributed by atoms with van der Waals surface area (Å²) in [5.74, 6) is 0.693. The highest BCUT2D eigenvalue weighted by molar-refractivity contribution is 5.88. The van der Waals surface area contributed by atoms with Crippen LogP contribution in [0.4, 0.5) is 0 Å². The molecular formula is C26H33N3O2. The van der Waals surface area contributed by atoms with Crippen LogP contribution in [-0.2, 0) is 15.0 Å². The standard InChI is InChI=1S/C26H33N3O2/c1-20(23-11-5-8-16-27-23)28-24(30)19-21-12-17-29(18-13-21)25(31)26(14-6-7-15-26)22-9-3-2-4-10-22/h2-5,8-11,16,20-21H,6-7,12-15,17-19H2,1H3,(H,28,30). The zero-order chi connectivity index (χ0) is 21.7. The summed E-state index contributed by atoms with van der Waals surface area (Å²) in [4.78, 5) is 32.5. The number of rotatable bonds is 6. The summed E-state index contributed by atoms with van der Waals surface area (Å²) < 4.78 is 0. The van der Waals surface area contributed by atoms with Crippen LogP contribution in [0.2, 0.25) is 0 Å². The van der Waals surface area contributed by atoms with Gasteiger partial charge in [-0.25, -0.2) is 0 Å². The molecule has 1 aliphatic heterocycles. The van der Waals surface area contributed by atoms with Crippen LogP contribution in [0.25, 0.3) is 0 Å². The van der Waals surface area contributed by atoms with Gasteiger partial charge in [0.15, 0.2) is 0 Å². The number of hydrogen-bond acceptors (Lipinski definition) is 3. The van der Waals surface area contributed by atoms with E-state index in [1.54, 1.807) is 6.20 Å². The van der Waals surface area contributed by atoms with Crippen LogP contribution in [0, 0.1) is 5.92 Å². The van der Waals surface area contributed by atoms with E-state index in [0.29, 0.717) is 18.2 Å². The van der Waals surface area contributed by atoms with Crippen molar-refractivity contribution < 1.29 is 9.59 Å². The van der Waals surface area contributed by atoms with Gasteiger partial charge in [-0.05, 0) is 56.2 Å². The molecule has 164 valence electrons. The molecule has 31 heavy (non-hydrogen) atoms. The van der Waals surface area contributed by atoms with Crippen LogP contribution in [-0.4, -0.2) is 34.8 Å². The number of likely N-dealkylation sites (tertiary alicyclic amines) is 1. The molecule has 1 saturated heterocycles. The first-order valence-corrected chi connectivity index (χ1v) is 11.6. The molecule has 0 radical (unpaired) electrons. The molecule has 2 aliphatic rings. The van der Waals surface area contributed by atoms with Crippen molar-refractivity contribution in [3.05, 3.63) is 66.0 Å². The Hall–Kier alpha value is -2.69. The van der Waals surface area contributed by atoms with Gasteiger partial charge < -0.3 is 10.2 Å². The van der Waals surface area contributed by atoms with Crippen LogP contribution in [0.3, 0.4) is 0 Å². The first-order chi connectivity index (χ1) is 15.1. The van der Waals surface area contributed by atoms with Gasteiger partial charge in [0.2, 0.25) is 11.8 Å². The summed E-state index contributed by atoms with van der Waals surface area (Å²) in [7, 11) is 0. The Labute approximate surface area is 185 Å². The maximum atomic E-state index is 13.6. The molecule has 1 unspecified atom stereocenters. The van der Waals surface area contributed by atoms with Gasteiger partial charge >= 0.3 is 0 Å². The topological polar surface area (TPSA) is 62.3 Å². The summed E-state index contributed by atoms with van der Waals surface area (Å²) in [5.41, 5.74) is 1.70. The van der Waals surface area contributed by atoms with E-state index < -0.39 is 0 Å². The Morgan fingerprint density at radius 2 is 1.74 bits per heavy atom. The van der Waals surface area contributed by atoms with Gasteiger partial charge in [0.25, 0.3) is 0 Å². The number of aromatic nitrogens is 1. The first-order valence-electron chi connectivity index (χ1n) is 11.6. The fourth-order valence-electron chi connectivity index (χ4n) is 5.27. The molecule has 1 saturated carbocycles. The van der Waals surface area contributed by atoms with E-state index in [9.17, 15) is 9.59 Å². The zero-order valence-corrected chi connectivity index (χ0v) is 18.4. The lowest BCUT2D eigenvalue weighted by molar-refractivity contribution is -0.139. The lowest BCUT2D eigenvalue weighted by atomic mass is 9.77. The van der Waals surface area contributed by atoms with Crippen LogP contribution < -0.4 is 5.32 Å².